The van der Waals surface area contributed by atoms with Crippen molar-refractivity contribution in [3.05, 3.63) is 64.7 Å². The van der Waals surface area contributed by atoms with Crippen LogP contribution in [0.3, 0.4) is 0 Å². The monoisotopic (exact) mass is 284 g/mol. The zero-order valence-corrected chi connectivity index (χ0v) is 13.0. The van der Waals surface area contributed by atoms with Gasteiger partial charge in [0.1, 0.15) is 5.75 Å². The molecule has 3 heteroatoms. The summed E-state index contributed by atoms with van der Waals surface area (Å²) in [6, 6.07) is 14.8. The third-order valence-electron chi connectivity index (χ3n) is 3.49. The number of hydrogen-bond acceptors (Lipinski definition) is 3. The summed E-state index contributed by atoms with van der Waals surface area (Å²) in [5.74, 6) is 6.65. The fourth-order valence-electron chi connectivity index (χ4n) is 2.68. The highest BCUT2D eigenvalue weighted by molar-refractivity contribution is 5.34. The van der Waals surface area contributed by atoms with E-state index in [1.807, 2.05) is 19.1 Å². The zero-order chi connectivity index (χ0) is 15.2. The third kappa shape index (κ3) is 4.31. The fourth-order valence-corrected chi connectivity index (χ4v) is 2.68. The predicted octanol–water partition coefficient (Wildman–Crippen LogP) is 3.45. The summed E-state index contributed by atoms with van der Waals surface area (Å²) in [6.07, 6.45) is 0.856. The number of hydrazine groups is 1. The van der Waals surface area contributed by atoms with E-state index in [0.29, 0.717) is 6.61 Å². The molecule has 0 saturated carbocycles. The summed E-state index contributed by atoms with van der Waals surface area (Å²) < 4.78 is 5.56. The molecule has 2 aromatic rings. The Bertz CT molecular complexity index is 575. The molecule has 0 bridgehead atoms. The number of nitrogens with one attached hydrogen (secondary N) is 1. The largest absolute Gasteiger partial charge is 0.494 e. The van der Waals surface area contributed by atoms with Gasteiger partial charge in [0.25, 0.3) is 0 Å². The van der Waals surface area contributed by atoms with E-state index in [4.69, 9.17) is 10.6 Å². The average Bonchev–Trinajstić information content (AvgIpc) is 2.44. The Morgan fingerprint density at radius 3 is 2.43 bits per heavy atom. The molecule has 3 nitrogen and oxygen atoms in total. The lowest BCUT2D eigenvalue weighted by Gasteiger charge is -2.18. The molecule has 1 atom stereocenters. The highest BCUT2D eigenvalue weighted by atomic mass is 16.5. The van der Waals surface area contributed by atoms with Gasteiger partial charge in [0.2, 0.25) is 0 Å². The first-order chi connectivity index (χ1) is 10.1. The Kier molecular flexibility index (Phi) is 5.37. The normalized spacial score (nSPS) is 12.2. The molecule has 112 valence electrons. The van der Waals surface area contributed by atoms with Crippen molar-refractivity contribution in [3.63, 3.8) is 0 Å². The fraction of sp³-hybridized carbons (Fsp3) is 0.333. The first-order valence-electron chi connectivity index (χ1n) is 7.38. The average molecular weight is 284 g/mol. The van der Waals surface area contributed by atoms with Gasteiger partial charge in [-0.15, -0.1) is 0 Å². The number of nitrogens with two attached hydrogens (primary N) is 1. The van der Waals surface area contributed by atoms with Crippen LogP contribution in [0, 0.1) is 13.8 Å². The van der Waals surface area contributed by atoms with Crippen molar-refractivity contribution in [2.45, 2.75) is 33.2 Å². The first kappa shape index (κ1) is 15.5. The molecule has 2 rings (SSSR count). The Labute approximate surface area is 127 Å². The molecule has 1 unspecified atom stereocenters. The van der Waals surface area contributed by atoms with E-state index in [1.54, 1.807) is 0 Å². The Balaban J connectivity index is 2.21. The SMILES string of the molecule is CCOc1cccc(C(Cc2cc(C)cc(C)c2)NN)c1. The van der Waals surface area contributed by atoms with Crippen LogP contribution in [0.4, 0.5) is 0 Å². The summed E-state index contributed by atoms with van der Waals surface area (Å²) in [5.41, 5.74) is 7.91. The lowest BCUT2D eigenvalue weighted by atomic mass is 9.97. The second-order valence-electron chi connectivity index (χ2n) is 5.42. The van der Waals surface area contributed by atoms with Crippen LogP contribution < -0.4 is 16.0 Å². The molecular weight excluding hydrogens is 260 g/mol. The van der Waals surface area contributed by atoms with Gasteiger partial charge in [-0.2, -0.15) is 0 Å². The first-order valence-corrected chi connectivity index (χ1v) is 7.38. The molecule has 0 heterocycles. The van der Waals surface area contributed by atoms with Crippen molar-refractivity contribution < 1.29 is 4.74 Å². The Hall–Kier alpha value is -1.84. The number of hydrogen-bond donors (Lipinski definition) is 2. The Morgan fingerprint density at radius 2 is 1.81 bits per heavy atom. The van der Waals surface area contributed by atoms with E-state index in [0.717, 1.165) is 17.7 Å². The molecule has 0 aliphatic rings. The molecule has 0 aliphatic heterocycles. The van der Waals surface area contributed by atoms with Crippen LogP contribution in [0.2, 0.25) is 0 Å². The van der Waals surface area contributed by atoms with Crippen molar-refractivity contribution in [2.24, 2.45) is 5.84 Å². The molecule has 3 N–H and O–H groups in total. The molecule has 0 amide bonds. The van der Waals surface area contributed by atoms with Gasteiger partial charge in [0.15, 0.2) is 0 Å². The standard InChI is InChI=1S/C18H24N2O/c1-4-21-17-7-5-6-16(12-17)18(20-19)11-15-9-13(2)8-14(3)10-15/h5-10,12,18,20H,4,11,19H2,1-3H3. The minimum absolute atomic E-state index is 0.0756. The Morgan fingerprint density at radius 1 is 1.10 bits per heavy atom. The van der Waals surface area contributed by atoms with Crippen LogP contribution in [-0.4, -0.2) is 6.61 Å². The van der Waals surface area contributed by atoms with E-state index in [9.17, 15) is 0 Å². The summed E-state index contributed by atoms with van der Waals surface area (Å²) >= 11 is 0. The van der Waals surface area contributed by atoms with Gasteiger partial charge in [-0.1, -0.05) is 41.5 Å². The summed E-state index contributed by atoms with van der Waals surface area (Å²) in [6.45, 7) is 6.90. The van der Waals surface area contributed by atoms with Crippen molar-refractivity contribution in [3.8, 4) is 5.75 Å². The summed E-state index contributed by atoms with van der Waals surface area (Å²) in [7, 11) is 0. The van der Waals surface area contributed by atoms with Gasteiger partial charge in [-0.25, -0.2) is 0 Å². The molecule has 0 fully saturated rings. The van der Waals surface area contributed by atoms with E-state index >= 15 is 0 Å². The van der Waals surface area contributed by atoms with Crippen molar-refractivity contribution in [2.75, 3.05) is 6.61 Å². The third-order valence-corrected chi connectivity index (χ3v) is 3.49. The van der Waals surface area contributed by atoms with Crippen LogP contribution in [0.25, 0.3) is 0 Å². The van der Waals surface area contributed by atoms with Crippen molar-refractivity contribution in [1.29, 1.82) is 0 Å². The molecule has 0 aliphatic carbocycles. The van der Waals surface area contributed by atoms with E-state index in [2.05, 4.69) is 49.6 Å². The lowest BCUT2D eigenvalue weighted by molar-refractivity contribution is 0.339. The zero-order valence-electron chi connectivity index (χ0n) is 13.0. The van der Waals surface area contributed by atoms with Gasteiger partial charge in [-0.05, 0) is 50.5 Å². The van der Waals surface area contributed by atoms with Gasteiger partial charge < -0.3 is 4.74 Å². The van der Waals surface area contributed by atoms with Crippen LogP contribution in [0.15, 0.2) is 42.5 Å². The number of ether oxygens (including phenoxy) is 1. The highest BCUT2D eigenvalue weighted by Gasteiger charge is 2.12. The maximum atomic E-state index is 5.76. The molecule has 2 aromatic carbocycles. The van der Waals surface area contributed by atoms with Crippen LogP contribution >= 0.6 is 0 Å². The minimum atomic E-state index is 0.0756. The second-order valence-corrected chi connectivity index (χ2v) is 5.42. The topological polar surface area (TPSA) is 47.3 Å². The van der Waals surface area contributed by atoms with Crippen LogP contribution in [0.5, 0.6) is 5.75 Å². The number of rotatable bonds is 6. The predicted molar refractivity (Wildman–Crippen MR) is 87.3 cm³/mol. The van der Waals surface area contributed by atoms with Crippen LogP contribution in [-0.2, 0) is 6.42 Å². The van der Waals surface area contributed by atoms with Crippen LogP contribution in [0.1, 0.15) is 35.2 Å². The summed E-state index contributed by atoms with van der Waals surface area (Å²) in [5, 5.41) is 0. The van der Waals surface area contributed by atoms with Gasteiger partial charge in [0.05, 0.1) is 12.6 Å². The molecule has 0 radical (unpaired) electrons. The molecule has 0 spiro atoms. The van der Waals surface area contributed by atoms with E-state index in [-0.39, 0.29) is 6.04 Å². The second kappa shape index (κ2) is 7.25. The molecule has 21 heavy (non-hydrogen) atoms. The molecular formula is C18H24N2O. The maximum Gasteiger partial charge on any atom is 0.119 e. The summed E-state index contributed by atoms with van der Waals surface area (Å²) in [4.78, 5) is 0. The van der Waals surface area contributed by atoms with Crippen molar-refractivity contribution in [1.82, 2.24) is 5.43 Å². The van der Waals surface area contributed by atoms with E-state index < -0.39 is 0 Å². The van der Waals surface area contributed by atoms with Gasteiger partial charge in [-0.3, -0.25) is 11.3 Å². The van der Waals surface area contributed by atoms with Gasteiger partial charge in [0, 0.05) is 0 Å². The number of benzene rings is 2. The van der Waals surface area contributed by atoms with Gasteiger partial charge >= 0.3 is 0 Å². The smallest absolute Gasteiger partial charge is 0.119 e. The van der Waals surface area contributed by atoms with Crippen molar-refractivity contribution >= 4 is 0 Å². The highest BCUT2D eigenvalue weighted by Crippen LogP contribution is 2.23. The molecule has 0 aromatic heterocycles. The van der Waals surface area contributed by atoms with E-state index in [1.165, 1.54) is 16.7 Å². The maximum absolute atomic E-state index is 5.76. The lowest BCUT2D eigenvalue weighted by Crippen LogP contribution is -2.29. The molecule has 0 saturated heterocycles. The number of aryl methyl sites for hydroxylation is 2. The quantitative estimate of drug-likeness (QED) is 0.631. The minimum Gasteiger partial charge on any atom is -0.494 e.